The van der Waals surface area contributed by atoms with Crippen LogP contribution in [-0.4, -0.2) is 22.1 Å². The number of hydrogen-bond donors (Lipinski definition) is 1. The molecule has 0 atom stereocenters. The largest absolute Gasteiger partial charge is 0.496 e. The number of methoxy groups -OCH3 is 1. The van der Waals surface area contributed by atoms with Gasteiger partial charge in [-0.15, -0.1) is 5.10 Å². The Morgan fingerprint density at radius 1 is 1.04 bits per heavy atom. The van der Waals surface area contributed by atoms with Crippen LogP contribution in [0.1, 0.15) is 35.7 Å². The lowest BCUT2D eigenvalue weighted by Gasteiger charge is -2.10. The highest BCUT2D eigenvalue weighted by atomic mass is 16.5. The first-order chi connectivity index (χ1) is 12.4. The number of para-hydroxylation sites is 2. The maximum Gasteiger partial charge on any atom is 0.123 e. The van der Waals surface area contributed by atoms with Crippen LogP contribution < -0.4 is 10.1 Å². The lowest BCUT2D eigenvalue weighted by Crippen LogP contribution is -2.15. The molecule has 1 N–H and O–H groups in total. The van der Waals surface area contributed by atoms with Gasteiger partial charge in [-0.25, -0.2) is 4.68 Å². The predicted octanol–water partition coefficient (Wildman–Crippen LogP) is 3.44. The Morgan fingerprint density at radius 2 is 1.80 bits per heavy atom. The average Bonchev–Trinajstić information content (AvgIpc) is 3.42. The molecule has 128 valence electrons. The second-order valence-corrected chi connectivity index (χ2v) is 6.36. The van der Waals surface area contributed by atoms with Crippen molar-refractivity contribution >= 4 is 0 Å². The summed E-state index contributed by atoms with van der Waals surface area (Å²) in [7, 11) is 1.70. The second-order valence-electron chi connectivity index (χ2n) is 6.36. The van der Waals surface area contributed by atoms with E-state index >= 15 is 0 Å². The Bertz CT molecular complexity index is 840. The molecule has 1 saturated carbocycles. The van der Waals surface area contributed by atoms with Crippen molar-refractivity contribution in [3.8, 4) is 11.4 Å². The normalized spacial score (nSPS) is 13.8. The van der Waals surface area contributed by atoms with Crippen molar-refractivity contribution < 1.29 is 4.74 Å². The Balaban J connectivity index is 1.50. The standard InChI is InChI=1S/C20H22N4O/c1-25-19-10-6-5-7-16(19)13-21-14-18-20(15-11-12-15)24(23-22-18)17-8-3-2-4-9-17/h2-10,15,21H,11-14H2,1H3. The van der Waals surface area contributed by atoms with Gasteiger partial charge < -0.3 is 10.1 Å². The number of ether oxygens (including phenoxy) is 1. The molecule has 0 amide bonds. The van der Waals surface area contributed by atoms with Gasteiger partial charge in [-0.1, -0.05) is 41.6 Å². The fraction of sp³-hybridized carbons (Fsp3) is 0.300. The summed E-state index contributed by atoms with van der Waals surface area (Å²) < 4.78 is 7.41. The molecular formula is C20H22N4O. The summed E-state index contributed by atoms with van der Waals surface area (Å²) in [6.45, 7) is 1.45. The fourth-order valence-electron chi connectivity index (χ4n) is 3.14. The summed E-state index contributed by atoms with van der Waals surface area (Å²) in [5.74, 6) is 1.49. The Labute approximate surface area is 147 Å². The molecule has 1 aliphatic carbocycles. The third-order valence-corrected chi connectivity index (χ3v) is 4.54. The zero-order valence-electron chi connectivity index (χ0n) is 14.4. The second kappa shape index (κ2) is 7.07. The number of hydrogen-bond acceptors (Lipinski definition) is 4. The summed E-state index contributed by atoms with van der Waals surface area (Å²) in [4.78, 5) is 0. The molecule has 1 aliphatic rings. The topological polar surface area (TPSA) is 52.0 Å². The number of nitrogens with zero attached hydrogens (tertiary/aromatic N) is 3. The van der Waals surface area contributed by atoms with E-state index in [0.717, 1.165) is 29.2 Å². The first-order valence-electron chi connectivity index (χ1n) is 8.69. The van der Waals surface area contributed by atoms with Crippen LogP contribution in [0.5, 0.6) is 5.75 Å². The van der Waals surface area contributed by atoms with Gasteiger partial charge in [0.25, 0.3) is 0 Å². The quantitative estimate of drug-likeness (QED) is 0.719. The molecule has 2 aromatic carbocycles. The van der Waals surface area contributed by atoms with Crippen LogP contribution in [0.15, 0.2) is 54.6 Å². The molecule has 4 rings (SSSR count). The van der Waals surface area contributed by atoms with E-state index in [0.29, 0.717) is 12.5 Å². The van der Waals surface area contributed by atoms with Crippen LogP contribution >= 0.6 is 0 Å². The molecule has 1 aromatic heterocycles. The van der Waals surface area contributed by atoms with Crippen LogP contribution in [0.25, 0.3) is 5.69 Å². The van der Waals surface area contributed by atoms with Crippen molar-refractivity contribution in [2.75, 3.05) is 7.11 Å². The summed E-state index contributed by atoms with van der Waals surface area (Å²) in [6, 6.07) is 18.3. The lowest BCUT2D eigenvalue weighted by molar-refractivity contribution is 0.407. The van der Waals surface area contributed by atoms with Gasteiger partial charge in [0, 0.05) is 24.6 Å². The Kier molecular flexibility index (Phi) is 4.48. The number of nitrogens with one attached hydrogen (secondary N) is 1. The van der Waals surface area contributed by atoms with E-state index in [1.54, 1.807) is 7.11 Å². The molecular weight excluding hydrogens is 312 g/mol. The monoisotopic (exact) mass is 334 g/mol. The van der Waals surface area contributed by atoms with Crippen molar-refractivity contribution in [2.24, 2.45) is 0 Å². The van der Waals surface area contributed by atoms with Crippen LogP contribution in [0.3, 0.4) is 0 Å². The third kappa shape index (κ3) is 3.42. The molecule has 0 bridgehead atoms. The van der Waals surface area contributed by atoms with E-state index in [4.69, 9.17) is 4.74 Å². The minimum absolute atomic E-state index is 0.582. The van der Waals surface area contributed by atoms with E-state index in [-0.39, 0.29) is 0 Å². The van der Waals surface area contributed by atoms with Crippen LogP contribution in [0.2, 0.25) is 0 Å². The van der Waals surface area contributed by atoms with Crippen molar-refractivity contribution in [3.63, 3.8) is 0 Å². The summed E-state index contributed by atoms with van der Waals surface area (Å²) in [5, 5.41) is 12.3. The van der Waals surface area contributed by atoms with Gasteiger partial charge >= 0.3 is 0 Å². The molecule has 0 unspecified atom stereocenters. The highest BCUT2D eigenvalue weighted by molar-refractivity contribution is 5.36. The van der Waals surface area contributed by atoms with Gasteiger partial charge in [0.2, 0.25) is 0 Å². The van der Waals surface area contributed by atoms with Gasteiger partial charge in [0.15, 0.2) is 0 Å². The zero-order valence-corrected chi connectivity index (χ0v) is 14.4. The van der Waals surface area contributed by atoms with Gasteiger partial charge in [0.05, 0.1) is 18.5 Å². The Hall–Kier alpha value is -2.66. The number of benzene rings is 2. The molecule has 25 heavy (non-hydrogen) atoms. The minimum Gasteiger partial charge on any atom is -0.496 e. The van der Waals surface area contributed by atoms with E-state index in [9.17, 15) is 0 Å². The fourth-order valence-corrected chi connectivity index (χ4v) is 3.14. The lowest BCUT2D eigenvalue weighted by atomic mass is 10.2. The molecule has 0 radical (unpaired) electrons. The van der Waals surface area contributed by atoms with Crippen molar-refractivity contribution in [1.29, 1.82) is 0 Å². The van der Waals surface area contributed by atoms with Crippen molar-refractivity contribution in [3.05, 3.63) is 71.5 Å². The van der Waals surface area contributed by atoms with Gasteiger partial charge in [-0.2, -0.15) is 0 Å². The molecule has 1 fully saturated rings. The van der Waals surface area contributed by atoms with Crippen molar-refractivity contribution in [1.82, 2.24) is 20.3 Å². The van der Waals surface area contributed by atoms with Crippen LogP contribution in [0, 0.1) is 0 Å². The Morgan fingerprint density at radius 3 is 2.56 bits per heavy atom. The molecule has 0 spiro atoms. The van der Waals surface area contributed by atoms with Crippen LogP contribution in [0.4, 0.5) is 0 Å². The number of rotatable bonds is 7. The molecule has 5 heteroatoms. The molecule has 5 nitrogen and oxygen atoms in total. The smallest absolute Gasteiger partial charge is 0.123 e. The maximum atomic E-state index is 5.41. The molecule has 3 aromatic rings. The van der Waals surface area contributed by atoms with Gasteiger partial charge in [0.1, 0.15) is 11.4 Å². The summed E-state index contributed by atoms with van der Waals surface area (Å²) >= 11 is 0. The van der Waals surface area contributed by atoms with E-state index in [1.165, 1.54) is 18.5 Å². The summed E-state index contributed by atoms with van der Waals surface area (Å²) in [6.07, 6.45) is 2.44. The molecule has 0 aliphatic heterocycles. The van der Waals surface area contributed by atoms with Crippen molar-refractivity contribution in [2.45, 2.75) is 31.8 Å². The van der Waals surface area contributed by atoms with E-state index in [1.807, 2.05) is 41.1 Å². The minimum atomic E-state index is 0.582. The molecule has 0 saturated heterocycles. The van der Waals surface area contributed by atoms with Gasteiger partial charge in [-0.3, -0.25) is 0 Å². The first kappa shape index (κ1) is 15.8. The van der Waals surface area contributed by atoms with Gasteiger partial charge in [-0.05, 0) is 31.0 Å². The zero-order chi connectivity index (χ0) is 17.1. The third-order valence-electron chi connectivity index (χ3n) is 4.54. The highest BCUT2D eigenvalue weighted by Crippen LogP contribution is 2.41. The maximum absolute atomic E-state index is 5.41. The van der Waals surface area contributed by atoms with Crippen LogP contribution in [-0.2, 0) is 13.1 Å². The predicted molar refractivity (Wildman–Crippen MR) is 96.9 cm³/mol. The highest BCUT2D eigenvalue weighted by Gasteiger charge is 2.31. The molecule has 1 heterocycles. The number of aromatic nitrogens is 3. The van der Waals surface area contributed by atoms with E-state index in [2.05, 4.69) is 33.8 Å². The van der Waals surface area contributed by atoms with E-state index < -0.39 is 0 Å². The SMILES string of the molecule is COc1ccccc1CNCc1nnn(-c2ccccc2)c1C1CC1. The summed E-state index contributed by atoms with van der Waals surface area (Å²) in [5.41, 5.74) is 4.52. The first-order valence-corrected chi connectivity index (χ1v) is 8.69. The average molecular weight is 334 g/mol.